The van der Waals surface area contributed by atoms with E-state index >= 15 is 0 Å². The van der Waals surface area contributed by atoms with Gasteiger partial charge < -0.3 is 0 Å². The lowest BCUT2D eigenvalue weighted by molar-refractivity contribution is 0.374. The zero-order valence-electron chi connectivity index (χ0n) is 10.5. The van der Waals surface area contributed by atoms with E-state index in [1.54, 1.807) is 0 Å². The summed E-state index contributed by atoms with van der Waals surface area (Å²) in [5.74, 6) is 6.39. The topological polar surface area (TPSA) is 50.9 Å². The molecule has 3 N–H and O–H groups in total. The Hall–Kier alpha value is -0.930. The number of hydrogen-bond acceptors (Lipinski definition) is 3. The second kappa shape index (κ2) is 6.61. The molecule has 0 saturated carbocycles. The van der Waals surface area contributed by atoms with Crippen LogP contribution in [0.5, 0.6) is 0 Å². The SMILES string of the molecule is CCC(CC)CC(NN)c1ccncc1C. The average Bonchev–Trinajstić information content (AvgIpc) is 2.32. The highest BCUT2D eigenvalue weighted by molar-refractivity contribution is 5.25. The molecule has 0 aromatic carbocycles. The summed E-state index contributed by atoms with van der Waals surface area (Å²) < 4.78 is 0. The largest absolute Gasteiger partial charge is 0.271 e. The molecular formula is C13H23N3. The molecule has 0 aliphatic carbocycles. The minimum Gasteiger partial charge on any atom is -0.271 e. The number of pyridine rings is 1. The Labute approximate surface area is 98.4 Å². The zero-order valence-corrected chi connectivity index (χ0v) is 10.5. The van der Waals surface area contributed by atoms with Gasteiger partial charge in [-0.25, -0.2) is 0 Å². The Morgan fingerprint density at radius 3 is 2.56 bits per heavy atom. The van der Waals surface area contributed by atoms with Gasteiger partial charge in [-0.2, -0.15) is 0 Å². The molecule has 0 bridgehead atoms. The van der Waals surface area contributed by atoms with Gasteiger partial charge in [-0.15, -0.1) is 0 Å². The summed E-state index contributed by atoms with van der Waals surface area (Å²) in [6, 6.07) is 2.30. The van der Waals surface area contributed by atoms with Crippen molar-refractivity contribution in [1.82, 2.24) is 10.4 Å². The lowest BCUT2D eigenvalue weighted by Crippen LogP contribution is -2.30. The lowest BCUT2D eigenvalue weighted by Gasteiger charge is -2.22. The molecule has 1 atom stereocenters. The maximum atomic E-state index is 5.66. The Bertz CT molecular complexity index is 308. The minimum atomic E-state index is 0.243. The molecule has 0 aliphatic rings. The molecule has 1 rings (SSSR count). The first-order chi connectivity index (χ1) is 7.72. The summed E-state index contributed by atoms with van der Waals surface area (Å²) in [6.45, 7) is 6.56. The molecule has 0 fully saturated rings. The molecule has 0 amide bonds. The predicted molar refractivity (Wildman–Crippen MR) is 67.7 cm³/mol. The molecule has 1 heterocycles. The quantitative estimate of drug-likeness (QED) is 0.573. The number of rotatable bonds is 6. The van der Waals surface area contributed by atoms with Crippen LogP contribution in [0.3, 0.4) is 0 Å². The first kappa shape index (κ1) is 13.1. The first-order valence-corrected chi connectivity index (χ1v) is 6.09. The van der Waals surface area contributed by atoms with Crippen molar-refractivity contribution in [3.8, 4) is 0 Å². The van der Waals surface area contributed by atoms with Crippen molar-refractivity contribution in [1.29, 1.82) is 0 Å². The molecule has 3 heteroatoms. The van der Waals surface area contributed by atoms with Crippen molar-refractivity contribution < 1.29 is 0 Å². The molecule has 0 spiro atoms. The van der Waals surface area contributed by atoms with Gasteiger partial charge in [-0.05, 0) is 36.5 Å². The first-order valence-electron chi connectivity index (χ1n) is 6.09. The van der Waals surface area contributed by atoms with Crippen LogP contribution in [0, 0.1) is 12.8 Å². The van der Waals surface area contributed by atoms with Gasteiger partial charge in [0.1, 0.15) is 0 Å². The fourth-order valence-corrected chi connectivity index (χ4v) is 2.12. The van der Waals surface area contributed by atoms with Crippen LogP contribution in [0.4, 0.5) is 0 Å². The fraction of sp³-hybridized carbons (Fsp3) is 0.615. The van der Waals surface area contributed by atoms with Crippen molar-refractivity contribution in [3.05, 3.63) is 29.6 Å². The van der Waals surface area contributed by atoms with Crippen molar-refractivity contribution in [2.45, 2.75) is 46.1 Å². The van der Waals surface area contributed by atoms with Gasteiger partial charge in [0.15, 0.2) is 0 Å². The molecule has 1 aromatic rings. The van der Waals surface area contributed by atoms with E-state index in [1.807, 2.05) is 12.4 Å². The molecule has 3 nitrogen and oxygen atoms in total. The molecule has 90 valence electrons. The van der Waals surface area contributed by atoms with Gasteiger partial charge in [0, 0.05) is 18.4 Å². The van der Waals surface area contributed by atoms with Crippen molar-refractivity contribution in [3.63, 3.8) is 0 Å². The monoisotopic (exact) mass is 221 g/mol. The maximum absolute atomic E-state index is 5.66. The summed E-state index contributed by atoms with van der Waals surface area (Å²) in [4.78, 5) is 4.11. The number of hydrogen-bond donors (Lipinski definition) is 2. The number of nitrogens with zero attached hydrogens (tertiary/aromatic N) is 1. The van der Waals surface area contributed by atoms with Crippen molar-refractivity contribution in [2.75, 3.05) is 0 Å². The lowest BCUT2D eigenvalue weighted by atomic mass is 9.90. The number of aryl methyl sites for hydroxylation is 1. The van der Waals surface area contributed by atoms with Gasteiger partial charge in [-0.1, -0.05) is 26.7 Å². The van der Waals surface area contributed by atoms with Crippen LogP contribution in [0.15, 0.2) is 18.5 Å². The third-order valence-electron chi connectivity index (χ3n) is 3.36. The fourth-order valence-electron chi connectivity index (χ4n) is 2.12. The number of nitrogens with two attached hydrogens (primary N) is 1. The second-order valence-electron chi connectivity index (χ2n) is 4.37. The second-order valence-corrected chi connectivity index (χ2v) is 4.37. The van der Waals surface area contributed by atoms with E-state index in [-0.39, 0.29) is 6.04 Å². The van der Waals surface area contributed by atoms with Gasteiger partial charge in [0.05, 0.1) is 0 Å². The van der Waals surface area contributed by atoms with Crippen molar-refractivity contribution in [2.24, 2.45) is 11.8 Å². The highest BCUT2D eigenvalue weighted by atomic mass is 15.2. The van der Waals surface area contributed by atoms with E-state index in [1.165, 1.54) is 24.0 Å². The Balaban J connectivity index is 2.78. The predicted octanol–water partition coefficient (Wildman–Crippen LogP) is 2.72. The average molecular weight is 221 g/mol. The summed E-state index contributed by atoms with van der Waals surface area (Å²) in [6.07, 6.45) is 7.23. The van der Waals surface area contributed by atoms with Crippen LogP contribution in [-0.4, -0.2) is 4.98 Å². The van der Waals surface area contributed by atoms with Crippen LogP contribution >= 0.6 is 0 Å². The Morgan fingerprint density at radius 1 is 1.38 bits per heavy atom. The molecular weight excluding hydrogens is 198 g/mol. The van der Waals surface area contributed by atoms with Gasteiger partial charge in [0.25, 0.3) is 0 Å². The molecule has 1 unspecified atom stereocenters. The number of aromatic nitrogens is 1. The van der Waals surface area contributed by atoms with E-state index < -0.39 is 0 Å². The Morgan fingerprint density at radius 2 is 2.06 bits per heavy atom. The van der Waals surface area contributed by atoms with Gasteiger partial charge in [0.2, 0.25) is 0 Å². The molecule has 0 saturated heterocycles. The van der Waals surface area contributed by atoms with E-state index in [9.17, 15) is 0 Å². The van der Waals surface area contributed by atoms with E-state index in [2.05, 4.69) is 37.2 Å². The van der Waals surface area contributed by atoms with Gasteiger partial charge >= 0.3 is 0 Å². The smallest absolute Gasteiger partial charge is 0.0466 e. The van der Waals surface area contributed by atoms with E-state index in [4.69, 9.17) is 5.84 Å². The summed E-state index contributed by atoms with van der Waals surface area (Å²) in [7, 11) is 0. The third-order valence-corrected chi connectivity index (χ3v) is 3.36. The molecule has 0 aliphatic heterocycles. The highest BCUT2D eigenvalue weighted by Gasteiger charge is 2.16. The van der Waals surface area contributed by atoms with Crippen molar-refractivity contribution >= 4 is 0 Å². The van der Waals surface area contributed by atoms with E-state index in [0.29, 0.717) is 0 Å². The highest BCUT2D eigenvalue weighted by Crippen LogP contribution is 2.26. The molecule has 1 aromatic heterocycles. The van der Waals surface area contributed by atoms with Crippen LogP contribution in [0.2, 0.25) is 0 Å². The van der Waals surface area contributed by atoms with Crippen LogP contribution in [-0.2, 0) is 0 Å². The van der Waals surface area contributed by atoms with Crippen LogP contribution in [0.25, 0.3) is 0 Å². The van der Waals surface area contributed by atoms with E-state index in [0.717, 1.165) is 12.3 Å². The molecule has 0 radical (unpaired) electrons. The normalized spacial score (nSPS) is 13.1. The summed E-state index contributed by atoms with van der Waals surface area (Å²) >= 11 is 0. The van der Waals surface area contributed by atoms with Gasteiger partial charge in [-0.3, -0.25) is 16.3 Å². The summed E-state index contributed by atoms with van der Waals surface area (Å²) in [5, 5.41) is 0. The van der Waals surface area contributed by atoms with Crippen LogP contribution in [0.1, 0.15) is 50.3 Å². The summed E-state index contributed by atoms with van der Waals surface area (Å²) in [5.41, 5.74) is 5.40. The third kappa shape index (κ3) is 3.29. The number of hydrazine groups is 1. The Kier molecular flexibility index (Phi) is 5.43. The number of nitrogens with one attached hydrogen (secondary N) is 1. The standard InChI is InChI=1S/C13H23N3/c1-4-11(5-2)8-13(16-14)12-6-7-15-9-10(12)3/h6-7,9,11,13,16H,4-5,8,14H2,1-3H3. The molecule has 16 heavy (non-hydrogen) atoms. The zero-order chi connectivity index (χ0) is 12.0. The maximum Gasteiger partial charge on any atom is 0.0466 e. The minimum absolute atomic E-state index is 0.243. The van der Waals surface area contributed by atoms with Crippen LogP contribution < -0.4 is 11.3 Å².